The molecule has 1 aromatic carbocycles. The van der Waals surface area contributed by atoms with Crippen LogP contribution in [-0.4, -0.2) is 5.78 Å². The van der Waals surface area contributed by atoms with E-state index in [0.717, 1.165) is 29.2 Å². The maximum Gasteiger partial charge on any atom is 0.159 e. The number of carbonyl (C=O) groups is 1. The highest BCUT2D eigenvalue weighted by atomic mass is 16.1. The molecule has 0 aromatic heterocycles. The molecule has 2 unspecified atom stereocenters. The minimum absolute atomic E-state index is 0.158. The molecule has 0 bridgehead atoms. The predicted molar refractivity (Wildman–Crippen MR) is 158 cm³/mol. The van der Waals surface area contributed by atoms with Crippen LogP contribution in [0.1, 0.15) is 135 Å². The van der Waals surface area contributed by atoms with Gasteiger partial charge in [-0.15, -0.1) is 0 Å². The van der Waals surface area contributed by atoms with Crippen molar-refractivity contribution in [2.45, 2.75) is 119 Å². The summed E-state index contributed by atoms with van der Waals surface area (Å²) in [4.78, 5) is 11.9. The Bertz CT molecular complexity index is 1200. The molecule has 0 saturated heterocycles. The summed E-state index contributed by atoms with van der Waals surface area (Å²) in [5.41, 5.74) is 6.69. The van der Waals surface area contributed by atoms with Gasteiger partial charge in [-0.3, -0.25) is 4.79 Å². The number of benzene rings is 1. The van der Waals surface area contributed by atoms with Crippen molar-refractivity contribution >= 4 is 11.4 Å². The lowest BCUT2D eigenvalue weighted by Gasteiger charge is -2.65. The first kappa shape index (κ1) is 25.6. The molecule has 5 fully saturated rings. The van der Waals surface area contributed by atoms with Crippen LogP contribution in [-0.2, 0) is 0 Å². The first-order valence-corrected chi connectivity index (χ1v) is 16.3. The van der Waals surface area contributed by atoms with Gasteiger partial charge in [0.15, 0.2) is 5.78 Å². The zero-order valence-electron chi connectivity index (χ0n) is 25.4. The quantitative estimate of drug-likeness (QED) is 0.367. The van der Waals surface area contributed by atoms with Crippen LogP contribution in [0.4, 0.5) is 0 Å². The molecular weight excluding hydrogens is 460 g/mol. The number of allylic oxidation sites excluding steroid dienone is 2. The molecule has 1 aromatic rings. The summed E-state index contributed by atoms with van der Waals surface area (Å²) in [5.74, 6) is 3.69. The summed E-state index contributed by atoms with van der Waals surface area (Å²) in [7, 11) is 0. The Morgan fingerprint density at radius 2 is 1.58 bits per heavy atom. The lowest BCUT2D eigenvalue weighted by Crippen LogP contribution is -2.57. The lowest BCUT2D eigenvalue weighted by molar-refractivity contribution is -0.150. The predicted octanol–water partition coefficient (Wildman–Crippen LogP) is 10.1. The molecule has 1 heteroatoms. The molecule has 0 amide bonds. The molecule has 38 heavy (non-hydrogen) atoms. The summed E-state index contributed by atoms with van der Waals surface area (Å²) < 4.78 is 0. The van der Waals surface area contributed by atoms with Crippen LogP contribution in [0.15, 0.2) is 30.3 Å². The van der Waals surface area contributed by atoms with Crippen LogP contribution < -0.4 is 0 Å². The number of ketones is 1. The average molecular weight is 513 g/mol. The number of fused-ring (bicyclic) bond motifs is 4. The Hall–Kier alpha value is -1.37. The zero-order valence-corrected chi connectivity index (χ0v) is 25.4. The van der Waals surface area contributed by atoms with Gasteiger partial charge in [0.1, 0.15) is 0 Å². The first-order valence-electron chi connectivity index (χ1n) is 16.3. The molecule has 6 aliphatic carbocycles. The van der Waals surface area contributed by atoms with E-state index in [1.807, 2.05) is 0 Å². The van der Waals surface area contributed by atoms with Gasteiger partial charge in [-0.25, -0.2) is 0 Å². The molecule has 0 aliphatic heterocycles. The largest absolute Gasteiger partial charge is 0.295 e. The van der Waals surface area contributed by atoms with E-state index in [4.69, 9.17) is 0 Å². The van der Waals surface area contributed by atoms with Gasteiger partial charge in [0, 0.05) is 5.56 Å². The third kappa shape index (κ3) is 2.60. The van der Waals surface area contributed by atoms with E-state index in [0.29, 0.717) is 27.1 Å². The number of hydrogen-bond donors (Lipinski definition) is 0. The summed E-state index contributed by atoms with van der Waals surface area (Å²) in [6.07, 6.45) is 18.6. The highest BCUT2D eigenvalue weighted by Crippen LogP contribution is 2.95. The van der Waals surface area contributed by atoms with E-state index in [2.05, 4.69) is 71.9 Å². The van der Waals surface area contributed by atoms with E-state index < -0.39 is 0 Å². The molecule has 9 atom stereocenters. The molecule has 7 rings (SSSR count). The van der Waals surface area contributed by atoms with Crippen molar-refractivity contribution in [3.63, 3.8) is 0 Å². The number of rotatable bonds is 4. The summed E-state index contributed by atoms with van der Waals surface area (Å²) in [6, 6.07) is 8.57. The van der Waals surface area contributed by atoms with E-state index in [1.54, 1.807) is 12.5 Å². The van der Waals surface area contributed by atoms with E-state index in [-0.39, 0.29) is 11.2 Å². The fourth-order valence-electron chi connectivity index (χ4n) is 14.2. The second-order valence-electron chi connectivity index (χ2n) is 16.1. The second kappa shape index (κ2) is 7.67. The van der Waals surface area contributed by atoms with E-state index >= 15 is 0 Å². The van der Waals surface area contributed by atoms with Gasteiger partial charge >= 0.3 is 0 Å². The Labute approximate surface area is 232 Å². The molecule has 6 aliphatic rings. The van der Waals surface area contributed by atoms with Crippen LogP contribution in [0.2, 0.25) is 0 Å². The minimum atomic E-state index is 0.158. The highest BCUT2D eigenvalue weighted by molar-refractivity contribution is 5.94. The van der Waals surface area contributed by atoms with Crippen molar-refractivity contribution in [2.75, 3.05) is 0 Å². The van der Waals surface area contributed by atoms with Crippen molar-refractivity contribution in [3.8, 4) is 0 Å². The summed E-state index contributed by atoms with van der Waals surface area (Å²) >= 11 is 0. The van der Waals surface area contributed by atoms with Crippen LogP contribution in [0.25, 0.3) is 5.57 Å². The normalized spacial score (nSPS) is 49.7. The lowest BCUT2D eigenvalue weighted by atomic mass is 9.40. The smallest absolute Gasteiger partial charge is 0.159 e. The average Bonchev–Trinajstić information content (AvgIpc) is 3.20. The van der Waals surface area contributed by atoms with Crippen molar-refractivity contribution in [3.05, 3.63) is 41.5 Å². The standard InChI is InChI=1S/C37H52O/c1-8-35-19-16-27(26-14-12-25(13-15-26)24(3)38)32(4,5)30(35)23-31-34(7)29(35)17-20-36(9-2)28-11-10-18-33(28,6)21-22-37(31,34)36/h12-16,28-31H,8-11,17-23H2,1-7H3/t28-,29-,30-,31?,33?,34-,35+,36+,37+/m0/s1. The zero-order chi connectivity index (χ0) is 26.9. The van der Waals surface area contributed by atoms with Gasteiger partial charge in [-0.1, -0.05) is 78.3 Å². The SMILES string of the molecule is CC[C@]12CC=C(c3ccc(C(C)=O)cc3)C(C)(C)[C@@H]1CC1[C@@]34CCC5(C)CCC[C@@H]5[C@@]3(CC)CC[C@H]2[C@@]14C. The van der Waals surface area contributed by atoms with Crippen molar-refractivity contribution < 1.29 is 4.79 Å². The highest BCUT2D eigenvalue weighted by Gasteiger charge is 2.89. The molecule has 0 heterocycles. The van der Waals surface area contributed by atoms with Gasteiger partial charge in [0.05, 0.1) is 0 Å². The van der Waals surface area contributed by atoms with Gasteiger partial charge < -0.3 is 0 Å². The first-order chi connectivity index (χ1) is 18.0. The van der Waals surface area contributed by atoms with Gasteiger partial charge in [0.2, 0.25) is 0 Å². The fourth-order valence-corrected chi connectivity index (χ4v) is 14.2. The number of Topliss-reactive ketones (excluding diaryl/α,β-unsaturated/α-hetero) is 1. The Kier molecular flexibility index (Phi) is 5.17. The monoisotopic (exact) mass is 512 g/mol. The molecule has 0 radical (unpaired) electrons. The molecule has 1 nitrogen and oxygen atoms in total. The Morgan fingerprint density at radius 1 is 0.842 bits per heavy atom. The molecule has 1 spiro atoms. The summed E-state index contributed by atoms with van der Waals surface area (Å²) in [6.45, 7) is 17.5. The van der Waals surface area contributed by atoms with Gasteiger partial charge in [0.25, 0.3) is 0 Å². The molecule has 5 saturated carbocycles. The minimum Gasteiger partial charge on any atom is -0.295 e. The van der Waals surface area contributed by atoms with Crippen LogP contribution >= 0.6 is 0 Å². The van der Waals surface area contributed by atoms with Gasteiger partial charge in [-0.2, -0.15) is 0 Å². The maximum absolute atomic E-state index is 11.9. The van der Waals surface area contributed by atoms with Crippen molar-refractivity contribution in [2.24, 2.45) is 56.2 Å². The number of carbonyl (C=O) groups excluding carboxylic acids is 1. The molecular formula is C37H52O. The molecule has 0 N–H and O–H groups in total. The van der Waals surface area contributed by atoms with Crippen molar-refractivity contribution in [1.82, 2.24) is 0 Å². The van der Waals surface area contributed by atoms with Gasteiger partial charge in [-0.05, 0) is 138 Å². The maximum atomic E-state index is 11.9. The van der Waals surface area contributed by atoms with Crippen LogP contribution in [0.5, 0.6) is 0 Å². The summed E-state index contributed by atoms with van der Waals surface area (Å²) in [5, 5.41) is 0. The van der Waals surface area contributed by atoms with E-state index in [1.165, 1.54) is 76.2 Å². The van der Waals surface area contributed by atoms with E-state index in [9.17, 15) is 4.79 Å². The molecule has 206 valence electrons. The van der Waals surface area contributed by atoms with Crippen LogP contribution in [0.3, 0.4) is 0 Å². The third-order valence-electron chi connectivity index (χ3n) is 15.5. The van der Waals surface area contributed by atoms with Crippen LogP contribution in [0, 0.1) is 56.2 Å². The number of hydrogen-bond acceptors (Lipinski definition) is 1. The second-order valence-corrected chi connectivity index (χ2v) is 16.1. The topological polar surface area (TPSA) is 17.1 Å². The van der Waals surface area contributed by atoms with Crippen molar-refractivity contribution in [1.29, 1.82) is 0 Å². The fraction of sp³-hybridized carbons (Fsp3) is 0.757. The third-order valence-corrected chi connectivity index (χ3v) is 15.5. The Balaban J connectivity index is 1.32. The Morgan fingerprint density at radius 3 is 2.24 bits per heavy atom.